The number of amides is 1. The molecule has 1 heterocycles. The second-order valence-corrected chi connectivity index (χ2v) is 6.97. The van der Waals surface area contributed by atoms with E-state index in [1.54, 1.807) is 32.9 Å². The molecule has 0 aliphatic carbocycles. The zero-order chi connectivity index (χ0) is 21.7. The summed E-state index contributed by atoms with van der Waals surface area (Å²) in [5, 5.41) is 3.07. The van der Waals surface area contributed by atoms with Crippen LogP contribution < -0.4 is 15.7 Å². The minimum atomic E-state index is -0.889. The standard InChI is InChI=1S/C23H23NO6/c1-4-17(24-23(27)28-13-16-8-6-5-7-9-16)22(26)30-19-11-14(2)10-18-21(19)15(3)12-20(25)29-18/h5-12,17H,4,13H2,1-3H3,(H,24,27)/t17-/m0/s1. The fourth-order valence-corrected chi connectivity index (χ4v) is 3.07. The quantitative estimate of drug-likeness (QED) is 0.375. The Morgan fingerprint density at radius 3 is 2.53 bits per heavy atom. The van der Waals surface area contributed by atoms with Gasteiger partial charge in [-0.3, -0.25) is 0 Å². The first-order valence-electron chi connectivity index (χ1n) is 9.61. The highest BCUT2D eigenvalue weighted by Gasteiger charge is 2.23. The number of hydrogen-bond donors (Lipinski definition) is 1. The van der Waals surface area contributed by atoms with Gasteiger partial charge in [0.05, 0.1) is 5.39 Å². The van der Waals surface area contributed by atoms with Gasteiger partial charge >= 0.3 is 17.7 Å². The third-order valence-electron chi connectivity index (χ3n) is 4.56. The van der Waals surface area contributed by atoms with Gasteiger partial charge in [-0.15, -0.1) is 0 Å². The summed E-state index contributed by atoms with van der Waals surface area (Å²) in [6, 6.07) is 13.1. The molecule has 30 heavy (non-hydrogen) atoms. The number of aryl methyl sites for hydroxylation is 2. The average Bonchev–Trinajstić information content (AvgIpc) is 2.70. The van der Waals surface area contributed by atoms with Gasteiger partial charge in [-0.25, -0.2) is 14.4 Å². The fourth-order valence-electron chi connectivity index (χ4n) is 3.07. The van der Waals surface area contributed by atoms with E-state index in [0.29, 0.717) is 23.0 Å². The predicted octanol–water partition coefficient (Wildman–Crippen LogP) is 4.02. The minimum Gasteiger partial charge on any atom is -0.445 e. The van der Waals surface area contributed by atoms with Crippen molar-refractivity contribution >= 4 is 23.0 Å². The lowest BCUT2D eigenvalue weighted by molar-refractivity contribution is -0.136. The highest BCUT2D eigenvalue weighted by Crippen LogP contribution is 2.29. The summed E-state index contributed by atoms with van der Waals surface area (Å²) < 4.78 is 16.0. The molecule has 156 valence electrons. The van der Waals surface area contributed by atoms with Crippen molar-refractivity contribution in [2.24, 2.45) is 0 Å². The van der Waals surface area contributed by atoms with Crippen LogP contribution in [0.1, 0.15) is 30.0 Å². The maximum Gasteiger partial charge on any atom is 0.408 e. The Morgan fingerprint density at radius 2 is 1.83 bits per heavy atom. The minimum absolute atomic E-state index is 0.0961. The van der Waals surface area contributed by atoms with Crippen molar-refractivity contribution in [3.8, 4) is 5.75 Å². The number of alkyl carbamates (subject to hydrolysis) is 1. The number of nitrogens with one attached hydrogen (secondary N) is 1. The molecule has 0 saturated carbocycles. The highest BCUT2D eigenvalue weighted by atomic mass is 16.6. The number of carbonyl (C=O) groups is 2. The van der Waals surface area contributed by atoms with E-state index < -0.39 is 23.7 Å². The Bertz CT molecular complexity index is 1120. The van der Waals surface area contributed by atoms with Crippen molar-refractivity contribution < 1.29 is 23.5 Å². The molecule has 0 bridgehead atoms. The third-order valence-corrected chi connectivity index (χ3v) is 4.56. The number of ether oxygens (including phenoxy) is 2. The first-order valence-corrected chi connectivity index (χ1v) is 9.61. The van der Waals surface area contributed by atoms with Crippen LogP contribution in [0.2, 0.25) is 0 Å². The summed E-state index contributed by atoms with van der Waals surface area (Å²) in [5.41, 5.74) is 2.10. The van der Waals surface area contributed by atoms with E-state index in [2.05, 4.69) is 5.32 Å². The maximum absolute atomic E-state index is 12.7. The average molecular weight is 409 g/mol. The van der Waals surface area contributed by atoms with Gasteiger partial charge in [0.1, 0.15) is 24.0 Å². The van der Waals surface area contributed by atoms with Crippen LogP contribution in [0.25, 0.3) is 11.0 Å². The molecule has 0 spiro atoms. The van der Waals surface area contributed by atoms with Gasteiger partial charge in [0.25, 0.3) is 0 Å². The van der Waals surface area contributed by atoms with Crippen LogP contribution in [-0.2, 0) is 16.1 Å². The molecule has 0 radical (unpaired) electrons. The van der Waals surface area contributed by atoms with Crippen molar-refractivity contribution in [2.45, 2.75) is 39.8 Å². The molecule has 1 aromatic heterocycles. The zero-order valence-corrected chi connectivity index (χ0v) is 17.1. The van der Waals surface area contributed by atoms with Crippen molar-refractivity contribution in [3.63, 3.8) is 0 Å². The molecule has 7 heteroatoms. The van der Waals surface area contributed by atoms with E-state index in [0.717, 1.165) is 11.1 Å². The topological polar surface area (TPSA) is 94.8 Å². The van der Waals surface area contributed by atoms with Crippen molar-refractivity contribution in [3.05, 3.63) is 75.6 Å². The summed E-state index contributed by atoms with van der Waals surface area (Å²) in [6.45, 7) is 5.39. The van der Waals surface area contributed by atoms with Gasteiger partial charge in [-0.1, -0.05) is 37.3 Å². The van der Waals surface area contributed by atoms with Gasteiger partial charge in [-0.05, 0) is 49.1 Å². The Kier molecular flexibility index (Phi) is 6.51. The smallest absolute Gasteiger partial charge is 0.408 e. The second kappa shape index (κ2) is 9.26. The monoisotopic (exact) mass is 409 g/mol. The zero-order valence-electron chi connectivity index (χ0n) is 17.1. The Labute approximate surface area is 173 Å². The van der Waals surface area contributed by atoms with Crippen LogP contribution in [0.5, 0.6) is 5.75 Å². The molecule has 1 amide bonds. The molecule has 1 atom stereocenters. The molecule has 1 N–H and O–H groups in total. The fraction of sp³-hybridized carbons (Fsp3) is 0.261. The predicted molar refractivity (Wildman–Crippen MR) is 111 cm³/mol. The molecule has 0 aliphatic heterocycles. The largest absolute Gasteiger partial charge is 0.445 e. The number of esters is 1. The maximum atomic E-state index is 12.7. The Balaban J connectivity index is 1.72. The van der Waals surface area contributed by atoms with E-state index in [1.807, 2.05) is 30.3 Å². The summed E-state index contributed by atoms with van der Waals surface area (Å²) in [6.07, 6.45) is -0.393. The van der Waals surface area contributed by atoms with Crippen LogP contribution in [0, 0.1) is 13.8 Å². The Hall–Kier alpha value is -3.61. The third kappa shape index (κ3) is 5.05. The molecular formula is C23H23NO6. The number of hydrogen-bond acceptors (Lipinski definition) is 6. The van der Waals surface area contributed by atoms with Crippen LogP contribution in [-0.4, -0.2) is 18.1 Å². The van der Waals surface area contributed by atoms with Gasteiger partial charge < -0.3 is 19.2 Å². The Morgan fingerprint density at radius 1 is 1.10 bits per heavy atom. The molecule has 7 nitrogen and oxygen atoms in total. The van der Waals surface area contributed by atoms with E-state index in [4.69, 9.17) is 13.9 Å². The van der Waals surface area contributed by atoms with Crippen molar-refractivity contribution in [2.75, 3.05) is 0 Å². The van der Waals surface area contributed by atoms with Crippen LogP contribution >= 0.6 is 0 Å². The lowest BCUT2D eigenvalue weighted by atomic mass is 10.1. The van der Waals surface area contributed by atoms with Crippen LogP contribution in [0.15, 0.2) is 57.7 Å². The van der Waals surface area contributed by atoms with E-state index in [-0.39, 0.29) is 12.4 Å². The number of carbonyl (C=O) groups excluding carboxylic acids is 2. The lowest BCUT2D eigenvalue weighted by Gasteiger charge is -2.17. The first-order chi connectivity index (χ1) is 14.4. The summed E-state index contributed by atoms with van der Waals surface area (Å²) in [4.78, 5) is 36.5. The number of rotatable bonds is 6. The second-order valence-electron chi connectivity index (χ2n) is 6.97. The van der Waals surface area contributed by atoms with Gasteiger partial charge in [0.2, 0.25) is 0 Å². The molecular weight excluding hydrogens is 386 g/mol. The summed E-state index contributed by atoms with van der Waals surface area (Å²) >= 11 is 0. The number of fused-ring (bicyclic) bond motifs is 1. The van der Waals surface area contributed by atoms with Gasteiger partial charge in [-0.2, -0.15) is 0 Å². The normalized spacial score (nSPS) is 11.7. The van der Waals surface area contributed by atoms with E-state index in [1.165, 1.54) is 6.07 Å². The lowest BCUT2D eigenvalue weighted by Crippen LogP contribution is -2.42. The molecule has 0 saturated heterocycles. The molecule has 0 aliphatic rings. The molecule has 2 aromatic carbocycles. The first kappa shape index (κ1) is 21.1. The van der Waals surface area contributed by atoms with Crippen molar-refractivity contribution in [1.29, 1.82) is 0 Å². The van der Waals surface area contributed by atoms with E-state index >= 15 is 0 Å². The highest BCUT2D eigenvalue weighted by molar-refractivity contribution is 5.91. The van der Waals surface area contributed by atoms with Crippen LogP contribution in [0.4, 0.5) is 4.79 Å². The van der Waals surface area contributed by atoms with Gasteiger partial charge in [0, 0.05) is 6.07 Å². The molecule has 3 aromatic rings. The number of benzene rings is 2. The van der Waals surface area contributed by atoms with Gasteiger partial charge in [0.15, 0.2) is 0 Å². The van der Waals surface area contributed by atoms with Crippen molar-refractivity contribution in [1.82, 2.24) is 5.32 Å². The molecule has 3 rings (SSSR count). The molecule has 0 fully saturated rings. The SMILES string of the molecule is CC[C@H](NC(=O)OCc1ccccc1)C(=O)Oc1cc(C)cc2oc(=O)cc(C)c12. The van der Waals surface area contributed by atoms with E-state index in [9.17, 15) is 14.4 Å². The molecule has 0 unspecified atom stereocenters. The van der Waals surface area contributed by atoms with Crippen LogP contribution in [0.3, 0.4) is 0 Å². The summed E-state index contributed by atoms with van der Waals surface area (Å²) in [5.74, 6) is -0.360. The summed E-state index contributed by atoms with van der Waals surface area (Å²) in [7, 11) is 0.